The summed E-state index contributed by atoms with van der Waals surface area (Å²) in [4.78, 5) is 24.9. The first kappa shape index (κ1) is 19.0. The molecule has 2 aromatic carbocycles. The highest BCUT2D eigenvalue weighted by Crippen LogP contribution is 2.32. The number of hydrogen-bond donors (Lipinski definition) is 0. The lowest BCUT2D eigenvalue weighted by molar-refractivity contribution is -0.147. The summed E-state index contributed by atoms with van der Waals surface area (Å²) in [7, 11) is 1.26. The highest BCUT2D eigenvalue weighted by atomic mass is 35.5. The van der Waals surface area contributed by atoms with Gasteiger partial charge in [-0.3, -0.25) is 4.79 Å². The fraction of sp³-hybridized carbons (Fsp3) is 0.238. The van der Waals surface area contributed by atoms with Gasteiger partial charge in [0.2, 0.25) is 11.2 Å². The fourth-order valence-corrected chi connectivity index (χ4v) is 2.86. The Bertz CT molecular complexity index is 1040. The maximum absolute atomic E-state index is 13.1. The molecule has 140 valence electrons. The molecule has 0 radical (unpaired) electrons. The summed E-state index contributed by atoms with van der Waals surface area (Å²) in [6, 6.07) is 12.3. The third-order valence-electron chi connectivity index (χ3n) is 4.26. The monoisotopic (exact) mass is 386 g/mol. The Morgan fingerprint density at radius 2 is 1.89 bits per heavy atom. The first-order valence-corrected chi connectivity index (χ1v) is 8.92. The molecule has 0 aliphatic rings. The van der Waals surface area contributed by atoms with Crippen LogP contribution in [0.4, 0.5) is 0 Å². The molecule has 5 nitrogen and oxygen atoms in total. The normalized spacial score (nSPS) is 12.0. The summed E-state index contributed by atoms with van der Waals surface area (Å²) in [5.41, 5.74) is 1.72. The molecule has 0 N–H and O–H groups in total. The Morgan fingerprint density at radius 3 is 2.52 bits per heavy atom. The Morgan fingerprint density at radius 1 is 1.19 bits per heavy atom. The molecule has 3 aromatic rings. The highest BCUT2D eigenvalue weighted by molar-refractivity contribution is 6.30. The fourth-order valence-electron chi connectivity index (χ4n) is 2.73. The SMILES string of the molecule is CCc1ccc2oc(-c3ccc(Cl)cc3)c(O[C@@H](C)C(=O)OC)c(=O)c2c1. The summed E-state index contributed by atoms with van der Waals surface area (Å²) < 4.78 is 16.4. The second-order valence-electron chi connectivity index (χ2n) is 6.06. The van der Waals surface area contributed by atoms with Crippen molar-refractivity contribution in [1.29, 1.82) is 0 Å². The van der Waals surface area contributed by atoms with Crippen LogP contribution < -0.4 is 10.2 Å². The zero-order valence-corrected chi connectivity index (χ0v) is 16.0. The van der Waals surface area contributed by atoms with Crippen molar-refractivity contribution in [2.45, 2.75) is 26.4 Å². The minimum Gasteiger partial charge on any atom is -0.471 e. The van der Waals surface area contributed by atoms with Crippen molar-refractivity contribution in [3.8, 4) is 17.1 Å². The largest absolute Gasteiger partial charge is 0.471 e. The van der Waals surface area contributed by atoms with Gasteiger partial charge in [-0.25, -0.2) is 4.79 Å². The molecule has 0 spiro atoms. The third-order valence-corrected chi connectivity index (χ3v) is 4.51. The molecule has 6 heteroatoms. The van der Waals surface area contributed by atoms with Crippen LogP contribution in [-0.4, -0.2) is 19.2 Å². The second kappa shape index (κ2) is 7.84. The summed E-state index contributed by atoms with van der Waals surface area (Å²) in [5, 5.41) is 0.957. The van der Waals surface area contributed by atoms with Gasteiger partial charge in [-0.15, -0.1) is 0 Å². The van der Waals surface area contributed by atoms with Crippen LogP contribution in [0.5, 0.6) is 5.75 Å². The van der Waals surface area contributed by atoms with Crippen LogP contribution >= 0.6 is 11.6 Å². The van der Waals surface area contributed by atoms with Gasteiger partial charge < -0.3 is 13.9 Å². The van der Waals surface area contributed by atoms with Gasteiger partial charge in [0.25, 0.3) is 0 Å². The molecule has 0 amide bonds. The van der Waals surface area contributed by atoms with Crippen molar-refractivity contribution in [2.75, 3.05) is 7.11 Å². The zero-order chi connectivity index (χ0) is 19.6. The van der Waals surface area contributed by atoms with E-state index < -0.39 is 12.1 Å². The first-order chi connectivity index (χ1) is 12.9. The molecule has 0 bridgehead atoms. The number of esters is 1. The minimum atomic E-state index is -0.962. The second-order valence-corrected chi connectivity index (χ2v) is 6.50. The number of methoxy groups -OCH3 is 1. The highest BCUT2D eigenvalue weighted by Gasteiger charge is 2.23. The van der Waals surface area contributed by atoms with Crippen molar-refractivity contribution < 1.29 is 18.7 Å². The predicted molar refractivity (Wildman–Crippen MR) is 104 cm³/mol. The Labute approximate surface area is 161 Å². The number of benzene rings is 2. The number of carbonyl (C=O) groups excluding carboxylic acids is 1. The molecule has 0 aliphatic heterocycles. The summed E-state index contributed by atoms with van der Waals surface area (Å²) in [6.45, 7) is 3.52. The number of carbonyl (C=O) groups is 1. The van der Waals surface area contributed by atoms with E-state index in [0.29, 0.717) is 21.6 Å². The number of ether oxygens (including phenoxy) is 2. The van der Waals surface area contributed by atoms with Crippen LogP contribution in [0.1, 0.15) is 19.4 Å². The van der Waals surface area contributed by atoms with Crippen molar-refractivity contribution in [3.63, 3.8) is 0 Å². The van der Waals surface area contributed by atoms with Gasteiger partial charge in [0.05, 0.1) is 12.5 Å². The van der Waals surface area contributed by atoms with Gasteiger partial charge in [-0.1, -0.05) is 24.6 Å². The molecule has 27 heavy (non-hydrogen) atoms. The van der Waals surface area contributed by atoms with E-state index in [2.05, 4.69) is 0 Å². The number of rotatable bonds is 5. The Kier molecular flexibility index (Phi) is 5.51. The van der Waals surface area contributed by atoms with Gasteiger partial charge in [-0.05, 0) is 55.3 Å². The molecule has 3 rings (SSSR count). The third kappa shape index (κ3) is 3.83. The summed E-state index contributed by atoms with van der Waals surface area (Å²) in [6.07, 6.45) is -0.181. The molecule has 0 aliphatic carbocycles. The average molecular weight is 387 g/mol. The van der Waals surface area contributed by atoms with Gasteiger partial charge in [0, 0.05) is 10.6 Å². The van der Waals surface area contributed by atoms with E-state index in [0.717, 1.165) is 12.0 Å². The van der Waals surface area contributed by atoms with E-state index in [1.54, 1.807) is 36.4 Å². The lowest BCUT2D eigenvalue weighted by atomic mass is 10.1. The van der Waals surface area contributed by atoms with Crippen molar-refractivity contribution in [3.05, 3.63) is 63.3 Å². The lowest BCUT2D eigenvalue weighted by Gasteiger charge is -2.15. The number of halogens is 1. The number of fused-ring (bicyclic) bond motifs is 1. The minimum absolute atomic E-state index is 0.0315. The van der Waals surface area contributed by atoms with E-state index in [4.69, 9.17) is 25.5 Å². The van der Waals surface area contributed by atoms with Crippen LogP contribution in [0.2, 0.25) is 5.02 Å². The molecule has 1 atom stereocenters. The number of aryl methyl sites for hydroxylation is 1. The van der Waals surface area contributed by atoms with Crippen LogP contribution in [-0.2, 0) is 16.0 Å². The Balaban J connectivity index is 2.24. The molecule has 0 saturated carbocycles. The lowest BCUT2D eigenvalue weighted by Crippen LogP contribution is -2.27. The van der Waals surface area contributed by atoms with E-state index in [1.807, 2.05) is 13.0 Å². The van der Waals surface area contributed by atoms with Crippen LogP contribution in [0, 0.1) is 0 Å². The zero-order valence-electron chi connectivity index (χ0n) is 15.2. The van der Waals surface area contributed by atoms with Crippen molar-refractivity contribution >= 4 is 28.5 Å². The van der Waals surface area contributed by atoms with E-state index in [1.165, 1.54) is 14.0 Å². The van der Waals surface area contributed by atoms with E-state index in [9.17, 15) is 9.59 Å². The van der Waals surface area contributed by atoms with Gasteiger partial charge in [0.1, 0.15) is 5.58 Å². The van der Waals surface area contributed by atoms with E-state index >= 15 is 0 Å². The predicted octanol–water partition coefficient (Wildman–Crippen LogP) is 4.62. The van der Waals surface area contributed by atoms with Gasteiger partial charge in [-0.2, -0.15) is 0 Å². The van der Waals surface area contributed by atoms with E-state index in [-0.39, 0.29) is 16.9 Å². The first-order valence-electron chi connectivity index (χ1n) is 8.54. The van der Waals surface area contributed by atoms with Gasteiger partial charge in [0.15, 0.2) is 11.9 Å². The molecule has 1 heterocycles. The molecular weight excluding hydrogens is 368 g/mol. The molecular formula is C21H19ClO5. The standard InChI is InChI=1S/C21H19ClO5/c1-4-13-5-10-17-16(11-13)18(23)20(26-12(2)21(24)25-3)19(27-17)14-6-8-15(22)9-7-14/h5-12H,4H2,1-3H3/t12-/m0/s1. The van der Waals surface area contributed by atoms with Crippen LogP contribution in [0.25, 0.3) is 22.3 Å². The van der Waals surface area contributed by atoms with Crippen LogP contribution in [0.15, 0.2) is 51.7 Å². The topological polar surface area (TPSA) is 65.7 Å². The smallest absolute Gasteiger partial charge is 0.346 e. The molecule has 0 unspecified atom stereocenters. The quantitative estimate of drug-likeness (QED) is 0.599. The molecule has 0 saturated heterocycles. The maximum Gasteiger partial charge on any atom is 0.346 e. The van der Waals surface area contributed by atoms with Crippen molar-refractivity contribution in [2.24, 2.45) is 0 Å². The molecule has 1 aromatic heterocycles. The Hall–Kier alpha value is -2.79. The number of hydrogen-bond acceptors (Lipinski definition) is 5. The van der Waals surface area contributed by atoms with Crippen LogP contribution in [0.3, 0.4) is 0 Å². The average Bonchev–Trinajstić information content (AvgIpc) is 2.69. The summed E-state index contributed by atoms with van der Waals surface area (Å²) >= 11 is 5.96. The maximum atomic E-state index is 13.1. The summed E-state index contributed by atoms with van der Waals surface area (Å²) in [5.74, 6) is -0.376. The molecule has 0 fully saturated rings. The van der Waals surface area contributed by atoms with Crippen molar-refractivity contribution in [1.82, 2.24) is 0 Å². The van der Waals surface area contributed by atoms with Gasteiger partial charge >= 0.3 is 5.97 Å².